The number of hydrogen-bond donors (Lipinski definition) is 0. The highest BCUT2D eigenvalue weighted by Gasteiger charge is 2.07. The molecule has 78 valence electrons. The Balaban J connectivity index is 2.55. The number of aromatic nitrogens is 2. The smallest absolute Gasteiger partial charge is 0.135 e. The number of nitrogens with zero attached hydrogens (tertiary/aromatic N) is 2. The lowest BCUT2D eigenvalue weighted by molar-refractivity contribution is -0.116. The maximum Gasteiger partial charge on any atom is 0.135 e. The van der Waals surface area contributed by atoms with Crippen molar-refractivity contribution >= 4 is 32.6 Å². The van der Waals surface area contributed by atoms with E-state index in [-0.39, 0.29) is 5.78 Å². The molecule has 4 heteroatoms. The average Bonchev–Trinajstić information content (AvgIpc) is 2.41. The van der Waals surface area contributed by atoms with Gasteiger partial charge in [0.2, 0.25) is 0 Å². The number of halogens is 1. The fourth-order valence-corrected chi connectivity index (χ4v) is 2.25. The van der Waals surface area contributed by atoms with Gasteiger partial charge in [-0.3, -0.25) is 9.78 Å². The van der Waals surface area contributed by atoms with Gasteiger partial charge in [-0.25, -0.2) is 0 Å². The number of ketones is 1. The van der Waals surface area contributed by atoms with E-state index in [4.69, 9.17) is 0 Å². The first-order chi connectivity index (χ1) is 7.08. The van der Waals surface area contributed by atoms with Crippen LogP contribution in [0.1, 0.15) is 12.6 Å². The Labute approximate surface area is 96.2 Å². The van der Waals surface area contributed by atoms with E-state index >= 15 is 0 Å². The molecule has 0 aliphatic rings. The van der Waals surface area contributed by atoms with Crippen LogP contribution in [0.5, 0.6) is 0 Å². The molecule has 0 radical (unpaired) electrons. The molecule has 0 unspecified atom stereocenters. The summed E-state index contributed by atoms with van der Waals surface area (Å²) in [7, 11) is 1.97. The average molecular weight is 267 g/mol. The zero-order valence-corrected chi connectivity index (χ0v) is 10.2. The van der Waals surface area contributed by atoms with Gasteiger partial charge in [-0.15, -0.1) is 0 Å². The maximum absolute atomic E-state index is 11.0. The van der Waals surface area contributed by atoms with Crippen molar-refractivity contribution in [1.29, 1.82) is 0 Å². The first-order valence-electron chi connectivity index (χ1n) is 4.67. The summed E-state index contributed by atoms with van der Waals surface area (Å²) in [6.07, 6.45) is 4.19. The highest BCUT2D eigenvalue weighted by atomic mass is 79.9. The summed E-state index contributed by atoms with van der Waals surface area (Å²) >= 11 is 3.48. The van der Waals surface area contributed by atoms with E-state index in [1.54, 1.807) is 13.1 Å². The van der Waals surface area contributed by atoms with E-state index in [9.17, 15) is 4.79 Å². The van der Waals surface area contributed by atoms with E-state index in [0.29, 0.717) is 6.42 Å². The van der Waals surface area contributed by atoms with Crippen molar-refractivity contribution in [3.8, 4) is 0 Å². The predicted octanol–water partition coefficient (Wildman–Crippen LogP) is 2.47. The molecule has 2 rings (SSSR count). The van der Waals surface area contributed by atoms with Gasteiger partial charge in [0.25, 0.3) is 0 Å². The summed E-state index contributed by atoms with van der Waals surface area (Å²) < 4.78 is 3.04. The molecule has 2 aromatic rings. The Morgan fingerprint density at radius 2 is 2.33 bits per heavy atom. The van der Waals surface area contributed by atoms with Crippen molar-refractivity contribution in [2.75, 3.05) is 0 Å². The van der Waals surface area contributed by atoms with Gasteiger partial charge in [0.05, 0.1) is 11.7 Å². The Morgan fingerprint density at radius 1 is 1.60 bits per heavy atom. The molecule has 2 heterocycles. The Morgan fingerprint density at radius 3 is 3.00 bits per heavy atom. The van der Waals surface area contributed by atoms with Crippen LogP contribution in [0.25, 0.3) is 10.9 Å². The molecule has 3 nitrogen and oxygen atoms in total. The molecule has 0 spiro atoms. The molecular weight excluding hydrogens is 256 g/mol. The highest BCUT2D eigenvalue weighted by molar-refractivity contribution is 9.10. The molecule has 0 saturated heterocycles. The molecule has 0 N–H and O–H groups in total. The maximum atomic E-state index is 11.0. The van der Waals surface area contributed by atoms with Crippen molar-refractivity contribution in [2.24, 2.45) is 7.05 Å². The number of carbonyl (C=O) groups is 1. The quantitative estimate of drug-likeness (QED) is 0.837. The molecule has 0 amide bonds. The summed E-state index contributed by atoms with van der Waals surface area (Å²) in [4.78, 5) is 15.2. The van der Waals surface area contributed by atoms with Crippen LogP contribution < -0.4 is 0 Å². The van der Waals surface area contributed by atoms with E-state index in [0.717, 1.165) is 21.1 Å². The topological polar surface area (TPSA) is 34.9 Å². The van der Waals surface area contributed by atoms with E-state index in [1.807, 2.05) is 23.9 Å². The summed E-state index contributed by atoms with van der Waals surface area (Å²) in [5.41, 5.74) is 1.89. The van der Waals surface area contributed by atoms with Crippen LogP contribution >= 0.6 is 15.9 Å². The van der Waals surface area contributed by atoms with Gasteiger partial charge in [-0.2, -0.15) is 0 Å². The van der Waals surface area contributed by atoms with Gasteiger partial charge >= 0.3 is 0 Å². The lowest BCUT2D eigenvalue weighted by Crippen LogP contribution is -1.98. The van der Waals surface area contributed by atoms with E-state index in [1.165, 1.54) is 0 Å². The predicted molar refractivity (Wildman–Crippen MR) is 62.8 cm³/mol. The molecule has 0 fully saturated rings. The van der Waals surface area contributed by atoms with Crippen LogP contribution in [-0.2, 0) is 18.3 Å². The summed E-state index contributed by atoms with van der Waals surface area (Å²) in [5, 5.41) is 1.10. The highest BCUT2D eigenvalue weighted by Crippen LogP contribution is 2.25. The van der Waals surface area contributed by atoms with Crippen LogP contribution in [0.3, 0.4) is 0 Å². The lowest BCUT2D eigenvalue weighted by Gasteiger charge is -1.99. The van der Waals surface area contributed by atoms with Crippen molar-refractivity contribution < 1.29 is 4.79 Å². The second-order valence-corrected chi connectivity index (χ2v) is 4.51. The van der Waals surface area contributed by atoms with Crippen molar-refractivity contribution in [2.45, 2.75) is 13.3 Å². The number of rotatable bonds is 2. The van der Waals surface area contributed by atoms with E-state index in [2.05, 4.69) is 20.9 Å². The number of pyridine rings is 1. The van der Waals surface area contributed by atoms with Gasteiger partial charge in [0, 0.05) is 35.2 Å². The number of fused-ring (bicyclic) bond motifs is 1. The standard InChI is InChI=1S/C11H11BrN2O/c1-7(15)3-8-4-9-10(12)6-14(2)11(9)5-13-8/h4-6H,3H2,1-2H3. The normalized spacial score (nSPS) is 10.9. The van der Waals surface area contributed by atoms with Crippen LogP contribution in [0.15, 0.2) is 22.9 Å². The Hall–Kier alpha value is -1.16. The molecule has 0 aliphatic heterocycles. The molecule has 0 bridgehead atoms. The number of Topliss-reactive ketones (excluding diaryl/α,β-unsaturated/α-hetero) is 1. The molecule has 15 heavy (non-hydrogen) atoms. The third-order valence-electron chi connectivity index (χ3n) is 2.31. The molecular formula is C11H11BrN2O. The van der Waals surface area contributed by atoms with Crippen LogP contribution in [-0.4, -0.2) is 15.3 Å². The minimum Gasteiger partial charge on any atom is -0.348 e. The summed E-state index contributed by atoms with van der Waals surface area (Å²) in [6, 6.07) is 1.96. The lowest BCUT2D eigenvalue weighted by atomic mass is 10.2. The van der Waals surface area contributed by atoms with Crippen LogP contribution in [0.4, 0.5) is 0 Å². The van der Waals surface area contributed by atoms with Gasteiger partial charge in [0.1, 0.15) is 5.78 Å². The van der Waals surface area contributed by atoms with Crippen molar-refractivity contribution in [1.82, 2.24) is 9.55 Å². The largest absolute Gasteiger partial charge is 0.348 e. The molecule has 0 aliphatic carbocycles. The third kappa shape index (κ3) is 1.95. The van der Waals surface area contributed by atoms with Gasteiger partial charge in [-0.05, 0) is 28.9 Å². The minimum absolute atomic E-state index is 0.133. The molecule has 0 aromatic carbocycles. The van der Waals surface area contributed by atoms with Crippen molar-refractivity contribution in [3.05, 3.63) is 28.6 Å². The molecule has 0 atom stereocenters. The fraction of sp³-hybridized carbons (Fsp3) is 0.273. The van der Waals surface area contributed by atoms with Gasteiger partial charge < -0.3 is 4.57 Å². The van der Waals surface area contributed by atoms with E-state index < -0.39 is 0 Å². The zero-order valence-electron chi connectivity index (χ0n) is 8.62. The van der Waals surface area contributed by atoms with Crippen LogP contribution in [0, 0.1) is 0 Å². The number of hydrogen-bond acceptors (Lipinski definition) is 2. The van der Waals surface area contributed by atoms with Crippen molar-refractivity contribution in [3.63, 3.8) is 0 Å². The second-order valence-electron chi connectivity index (χ2n) is 3.66. The van der Waals surface area contributed by atoms with Crippen LogP contribution in [0.2, 0.25) is 0 Å². The molecule has 2 aromatic heterocycles. The second kappa shape index (κ2) is 3.77. The number of aryl methyl sites for hydroxylation is 1. The van der Waals surface area contributed by atoms with Gasteiger partial charge in [-0.1, -0.05) is 0 Å². The number of carbonyl (C=O) groups excluding carboxylic acids is 1. The minimum atomic E-state index is 0.133. The first-order valence-corrected chi connectivity index (χ1v) is 5.46. The molecule has 0 saturated carbocycles. The first kappa shape index (κ1) is 10.4. The van der Waals surface area contributed by atoms with Gasteiger partial charge in [0.15, 0.2) is 0 Å². The monoisotopic (exact) mass is 266 g/mol. The Kier molecular flexibility index (Phi) is 2.61. The SMILES string of the molecule is CC(=O)Cc1cc2c(Br)cn(C)c2cn1. The Bertz CT molecular complexity index is 531. The summed E-state index contributed by atoms with van der Waals surface area (Å²) in [6.45, 7) is 1.58. The third-order valence-corrected chi connectivity index (χ3v) is 2.95. The fourth-order valence-electron chi connectivity index (χ4n) is 1.62. The zero-order chi connectivity index (χ0) is 11.0. The summed E-state index contributed by atoms with van der Waals surface area (Å²) in [5.74, 6) is 0.133.